The quantitative estimate of drug-likeness (QED) is 0.593. The summed E-state index contributed by atoms with van der Waals surface area (Å²) in [5, 5.41) is 1.38. The first kappa shape index (κ1) is 13.5. The summed E-state index contributed by atoms with van der Waals surface area (Å²) in [5.74, 6) is 0. The Hall–Kier alpha value is -1.54. The molecule has 1 saturated carbocycles. The van der Waals surface area contributed by atoms with Gasteiger partial charge in [0.15, 0.2) is 0 Å². The summed E-state index contributed by atoms with van der Waals surface area (Å²) in [6, 6.07) is -0.240. The van der Waals surface area contributed by atoms with Gasteiger partial charge in [-0.15, -0.1) is 10.5 Å². The number of carbonyl (C=O) groups excluding carboxylic acids is 2. The predicted molar refractivity (Wildman–Crippen MR) is 58.3 cm³/mol. The predicted octanol–water partition coefficient (Wildman–Crippen LogP) is -0.160. The van der Waals surface area contributed by atoms with E-state index in [4.69, 9.17) is 16.3 Å². The summed E-state index contributed by atoms with van der Waals surface area (Å²) in [4.78, 5) is 30.5. The van der Waals surface area contributed by atoms with Crippen LogP contribution >= 0.6 is 0 Å². The maximum absolute atomic E-state index is 10.7. The molecule has 0 aromatic heterocycles. The lowest BCUT2D eigenvalue weighted by atomic mass is 9.91. The van der Waals surface area contributed by atoms with Crippen molar-refractivity contribution < 1.29 is 19.3 Å². The summed E-state index contributed by atoms with van der Waals surface area (Å²) in [6.07, 6.45) is 1.85. The van der Waals surface area contributed by atoms with Crippen LogP contribution < -0.4 is 16.9 Å². The zero-order chi connectivity index (χ0) is 12.8. The van der Waals surface area contributed by atoms with Crippen LogP contribution in [0.5, 0.6) is 0 Å². The van der Waals surface area contributed by atoms with Crippen molar-refractivity contribution in [1.82, 2.24) is 10.5 Å². The number of amides is 2. The van der Waals surface area contributed by atoms with Gasteiger partial charge in [0.25, 0.3) is 0 Å². The lowest BCUT2D eigenvalue weighted by molar-refractivity contribution is -0.132. The summed E-state index contributed by atoms with van der Waals surface area (Å²) >= 11 is 0. The Morgan fingerprint density at radius 1 is 1.24 bits per heavy atom. The van der Waals surface area contributed by atoms with E-state index in [9.17, 15) is 9.59 Å². The number of nitrogens with two attached hydrogens (primary N) is 2. The molecule has 1 fully saturated rings. The number of likely N-dealkylation sites (N-methyl/N-ethyl adjacent to an activating group) is 1. The zero-order valence-corrected chi connectivity index (χ0v) is 9.72. The van der Waals surface area contributed by atoms with Crippen LogP contribution in [0.15, 0.2) is 0 Å². The molecule has 0 aromatic rings. The van der Waals surface area contributed by atoms with Crippen molar-refractivity contribution in [2.45, 2.75) is 37.8 Å². The number of hydrogen-bond acceptors (Lipinski definition) is 6. The van der Waals surface area contributed by atoms with Gasteiger partial charge in [-0.2, -0.15) is 0 Å². The van der Waals surface area contributed by atoms with Gasteiger partial charge in [0.1, 0.15) is 0 Å². The van der Waals surface area contributed by atoms with Gasteiger partial charge in [-0.25, -0.2) is 9.59 Å². The summed E-state index contributed by atoms with van der Waals surface area (Å²) in [7, 11) is 1.61. The number of carbonyl (C=O) groups is 2. The number of primary amides is 2. The molecule has 5 N–H and O–H groups in total. The molecular formula is C9H18N4O4. The van der Waals surface area contributed by atoms with Gasteiger partial charge in [0.2, 0.25) is 0 Å². The van der Waals surface area contributed by atoms with Gasteiger partial charge in [-0.1, -0.05) is 12.8 Å². The molecule has 2 amide bonds. The van der Waals surface area contributed by atoms with Gasteiger partial charge in [0, 0.05) is 7.05 Å². The van der Waals surface area contributed by atoms with Crippen molar-refractivity contribution in [3.8, 4) is 0 Å². The van der Waals surface area contributed by atoms with E-state index in [1.54, 1.807) is 7.05 Å². The van der Waals surface area contributed by atoms with Crippen LogP contribution in [0.3, 0.4) is 0 Å². The first-order valence-corrected chi connectivity index (χ1v) is 5.42. The summed E-state index contributed by atoms with van der Waals surface area (Å²) in [5.41, 5.74) is 12.4. The lowest BCUT2D eigenvalue weighted by Gasteiger charge is -2.35. The highest BCUT2D eigenvalue weighted by atomic mass is 16.7. The van der Waals surface area contributed by atoms with Crippen LogP contribution in [-0.2, 0) is 9.68 Å². The van der Waals surface area contributed by atoms with Crippen LogP contribution in [0.1, 0.15) is 25.7 Å². The van der Waals surface area contributed by atoms with Crippen molar-refractivity contribution >= 4 is 12.2 Å². The molecule has 1 rings (SSSR count). The van der Waals surface area contributed by atoms with E-state index in [0.29, 0.717) is 0 Å². The fraction of sp³-hybridized carbons (Fsp3) is 0.778. The molecule has 0 aromatic carbocycles. The second-order valence-electron chi connectivity index (χ2n) is 3.95. The molecule has 8 heteroatoms. The molecule has 2 atom stereocenters. The van der Waals surface area contributed by atoms with Crippen molar-refractivity contribution in [3.63, 3.8) is 0 Å². The number of hydrogen-bond donors (Lipinski definition) is 3. The molecule has 1 aliphatic carbocycles. The third-order valence-electron chi connectivity index (χ3n) is 2.74. The van der Waals surface area contributed by atoms with Crippen molar-refractivity contribution in [2.75, 3.05) is 7.05 Å². The molecule has 0 heterocycles. The van der Waals surface area contributed by atoms with E-state index < -0.39 is 12.2 Å². The molecule has 0 aliphatic heterocycles. The Morgan fingerprint density at radius 2 is 1.88 bits per heavy atom. The van der Waals surface area contributed by atoms with Crippen LogP contribution in [0.25, 0.3) is 0 Å². The minimum atomic E-state index is -0.896. The van der Waals surface area contributed by atoms with Crippen molar-refractivity contribution in [1.29, 1.82) is 0 Å². The highest BCUT2D eigenvalue weighted by Gasteiger charge is 2.31. The van der Waals surface area contributed by atoms with Crippen LogP contribution in [0, 0.1) is 0 Å². The Morgan fingerprint density at radius 3 is 2.47 bits per heavy atom. The fourth-order valence-electron chi connectivity index (χ4n) is 2.03. The molecular weight excluding hydrogens is 228 g/mol. The topological polar surface area (TPSA) is 120 Å². The molecule has 98 valence electrons. The standard InChI is InChI=1S/C9H18N4O4/c1-13(17-9(11)15)7-5-3-2-4-6(7)12-16-8(10)14/h6-7,12H,2-5H2,1H3,(H2,10,14)(H2,11,15). The first-order chi connectivity index (χ1) is 8.00. The minimum absolute atomic E-state index is 0.101. The van der Waals surface area contributed by atoms with Crippen molar-refractivity contribution in [3.05, 3.63) is 0 Å². The Bertz CT molecular complexity index is 286. The Balaban J connectivity index is 2.52. The van der Waals surface area contributed by atoms with E-state index in [-0.39, 0.29) is 12.1 Å². The molecule has 0 radical (unpaired) electrons. The zero-order valence-electron chi connectivity index (χ0n) is 9.72. The van der Waals surface area contributed by atoms with Crippen molar-refractivity contribution in [2.24, 2.45) is 11.5 Å². The number of rotatable bonds is 4. The molecule has 2 unspecified atom stereocenters. The normalized spacial score (nSPS) is 24.4. The monoisotopic (exact) mass is 246 g/mol. The summed E-state index contributed by atoms with van der Waals surface area (Å²) in [6.45, 7) is 0. The van der Waals surface area contributed by atoms with Gasteiger partial charge in [-0.05, 0) is 12.8 Å². The number of nitrogens with one attached hydrogen (secondary N) is 1. The van der Waals surface area contributed by atoms with Gasteiger partial charge >= 0.3 is 12.2 Å². The van der Waals surface area contributed by atoms with Gasteiger partial charge < -0.3 is 21.1 Å². The van der Waals surface area contributed by atoms with Gasteiger partial charge in [0.05, 0.1) is 12.1 Å². The van der Waals surface area contributed by atoms with Crippen LogP contribution in [0.4, 0.5) is 9.59 Å². The van der Waals surface area contributed by atoms with E-state index in [0.717, 1.165) is 25.7 Å². The summed E-state index contributed by atoms with van der Waals surface area (Å²) < 4.78 is 0. The number of hydroxylamine groups is 3. The van der Waals surface area contributed by atoms with Crippen LogP contribution in [-0.4, -0.2) is 36.4 Å². The average molecular weight is 246 g/mol. The largest absolute Gasteiger partial charge is 0.423 e. The third-order valence-corrected chi connectivity index (χ3v) is 2.74. The molecule has 0 saturated heterocycles. The van der Waals surface area contributed by atoms with E-state index in [1.807, 2.05) is 0 Å². The third kappa shape index (κ3) is 4.45. The second kappa shape index (κ2) is 6.26. The highest BCUT2D eigenvalue weighted by molar-refractivity contribution is 5.64. The Kier molecular flexibility index (Phi) is 4.98. The lowest BCUT2D eigenvalue weighted by Crippen LogP contribution is -2.52. The maximum Gasteiger partial charge on any atom is 0.423 e. The Labute approximate surface area is 99.1 Å². The smallest absolute Gasteiger partial charge is 0.354 e. The second-order valence-corrected chi connectivity index (χ2v) is 3.95. The fourth-order valence-corrected chi connectivity index (χ4v) is 2.03. The SMILES string of the molecule is CN(OC(N)=O)C1CCCCC1NOC(N)=O. The number of nitrogens with zero attached hydrogens (tertiary/aromatic N) is 1. The molecule has 0 bridgehead atoms. The molecule has 17 heavy (non-hydrogen) atoms. The average Bonchev–Trinajstić information content (AvgIpc) is 2.25. The minimum Gasteiger partial charge on any atom is -0.354 e. The maximum atomic E-state index is 10.7. The molecule has 0 spiro atoms. The highest BCUT2D eigenvalue weighted by Crippen LogP contribution is 2.22. The molecule has 8 nitrogen and oxygen atoms in total. The van der Waals surface area contributed by atoms with E-state index >= 15 is 0 Å². The van der Waals surface area contributed by atoms with E-state index in [2.05, 4.69) is 10.3 Å². The van der Waals surface area contributed by atoms with Crippen LogP contribution in [0.2, 0.25) is 0 Å². The van der Waals surface area contributed by atoms with Gasteiger partial charge in [-0.3, -0.25) is 0 Å². The first-order valence-electron chi connectivity index (χ1n) is 5.42. The van der Waals surface area contributed by atoms with E-state index in [1.165, 1.54) is 5.06 Å². The molecule has 1 aliphatic rings.